The first-order chi connectivity index (χ1) is 11.2. The van der Waals surface area contributed by atoms with Gasteiger partial charge in [-0.15, -0.1) is 10.2 Å². The first-order valence-corrected chi connectivity index (χ1v) is 7.04. The maximum Gasteiger partial charge on any atom is 0.262 e. The van der Waals surface area contributed by atoms with Crippen molar-refractivity contribution < 1.29 is 9.53 Å². The predicted molar refractivity (Wildman–Crippen MR) is 84.9 cm³/mol. The van der Waals surface area contributed by atoms with E-state index < -0.39 is 0 Å². The van der Waals surface area contributed by atoms with Crippen molar-refractivity contribution in [3.63, 3.8) is 0 Å². The van der Waals surface area contributed by atoms with Crippen LogP contribution in [0.4, 0.5) is 5.69 Å². The number of hydrogen-bond donors (Lipinski definition) is 2. The minimum Gasteiger partial charge on any atom is -0.483 e. The summed E-state index contributed by atoms with van der Waals surface area (Å²) in [6, 6.07) is 14.7. The number of anilines is 1. The van der Waals surface area contributed by atoms with E-state index in [9.17, 15) is 4.79 Å². The van der Waals surface area contributed by atoms with Gasteiger partial charge in [-0.25, -0.2) is 0 Å². The number of aryl methyl sites for hydroxylation is 1. The Hall–Kier alpha value is -3.22. The molecule has 0 spiro atoms. The topological polar surface area (TPSA) is 92.8 Å². The standard InChI is InChI=1S/C16H15N5O2/c1-11-4-2-3-5-14(11)23-10-15(22)17-13-8-6-12(7-9-13)16-18-20-21-19-16/h2-9H,10H2,1H3,(H,17,22)(H,18,19,20,21). The minimum absolute atomic E-state index is 0.0442. The summed E-state index contributed by atoms with van der Waals surface area (Å²) in [6.45, 7) is 1.89. The molecule has 1 amide bonds. The molecule has 1 heterocycles. The van der Waals surface area contributed by atoms with E-state index in [2.05, 4.69) is 25.9 Å². The van der Waals surface area contributed by atoms with E-state index in [1.54, 1.807) is 12.1 Å². The molecule has 0 atom stereocenters. The molecule has 0 fully saturated rings. The highest BCUT2D eigenvalue weighted by Crippen LogP contribution is 2.18. The van der Waals surface area contributed by atoms with Gasteiger partial charge in [0, 0.05) is 11.3 Å². The van der Waals surface area contributed by atoms with Crippen molar-refractivity contribution in [2.75, 3.05) is 11.9 Å². The van der Waals surface area contributed by atoms with Crippen molar-refractivity contribution in [3.8, 4) is 17.1 Å². The predicted octanol–water partition coefficient (Wildman–Crippen LogP) is 2.19. The number of ether oxygens (including phenoxy) is 1. The summed E-state index contributed by atoms with van der Waals surface area (Å²) >= 11 is 0. The first-order valence-electron chi connectivity index (χ1n) is 7.04. The van der Waals surface area contributed by atoms with Gasteiger partial charge in [0.25, 0.3) is 5.91 Å². The molecule has 7 nitrogen and oxygen atoms in total. The lowest BCUT2D eigenvalue weighted by Crippen LogP contribution is -2.20. The van der Waals surface area contributed by atoms with Crippen molar-refractivity contribution in [1.29, 1.82) is 0 Å². The Bertz CT molecular complexity index is 784. The Labute approximate surface area is 132 Å². The fourth-order valence-corrected chi connectivity index (χ4v) is 2.05. The Morgan fingerprint density at radius 2 is 1.96 bits per heavy atom. The van der Waals surface area contributed by atoms with Crippen LogP contribution in [0.15, 0.2) is 48.5 Å². The van der Waals surface area contributed by atoms with Crippen LogP contribution in [-0.4, -0.2) is 33.1 Å². The molecular formula is C16H15N5O2. The number of para-hydroxylation sites is 1. The van der Waals surface area contributed by atoms with Crippen LogP contribution in [0.5, 0.6) is 5.75 Å². The summed E-state index contributed by atoms with van der Waals surface area (Å²) in [5, 5.41) is 16.5. The maximum atomic E-state index is 11.9. The lowest BCUT2D eigenvalue weighted by atomic mass is 10.2. The Kier molecular flexibility index (Phi) is 4.28. The van der Waals surface area contributed by atoms with Gasteiger partial charge >= 0.3 is 0 Å². The molecule has 0 saturated heterocycles. The average molecular weight is 309 g/mol. The molecule has 3 aromatic rings. The number of nitrogens with one attached hydrogen (secondary N) is 2. The van der Waals surface area contributed by atoms with E-state index in [-0.39, 0.29) is 12.5 Å². The van der Waals surface area contributed by atoms with Gasteiger partial charge in [0.15, 0.2) is 6.61 Å². The summed E-state index contributed by atoms with van der Waals surface area (Å²) in [4.78, 5) is 11.9. The fraction of sp³-hybridized carbons (Fsp3) is 0.125. The van der Waals surface area contributed by atoms with Crippen LogP contribution in [0.1, 0.15) is 5.56 Å². The number of nitrogens with zero attached hydrogens (tertiary/aromatic N) is 3. The second-order valence-corrected chi connectivity index (χ2v) is 4.92. The summed E-state index contributed by atoms with van der Waals surface area (Å²) in [5.41, 5.74) is 2.48. The van der Waals surface area contributed by atoms with E-state index in [1.807, 2.05) is 43.3 Å². The van der Waals surface area contributed by atoms with Crippen LogP contribution in [0.3, 0.4) is 0 Å². The second-order valence-electron chi connectivity index (χ2n) is 4.92. The van der Waals surface area contributed by atoms with Gasteiger partial charge in [-0.1, -0.05) is 18.2 Å². The highest BCUT2D eigenvalue weighted by atomic mass is 16.5. The van der Waals surface area contributed by atoms with E-state index in [0.717, 1.165) is 11.1 Å². The number of carbonyl (C=O) groups is 1. The molecule has 0 saturated carbocycles. The van der Waals surface area contributed by atoms with Gasteiger partial charge in [0.2, 0.25) is 5.82 Å². The van der Waals surface area contributed by atoms with Crippen molar-refractivity contribution in [1.82, 2.24) is 20.6 Å². The SMILES string of the molecule is Cc1ccccc1OCC(=O)Nc1ccc(-c2nn[nH]n2)cc1. The summed E-state index contributed by atoms with van der Waals surface area (Å²) in [5.74, 6) is 0.987. The molecule has 2 aromatic carbocycles. The van der Waals surface area contributed by atoms with Gasteiger partial charge in [0.1, 0.15) is 5.75 Å². The maximum absolute atomic E-state index is 11.9. The Morgan fingerprint density at radius 3 is 2.65 bits per heavy atom. The number of benzene rings is 2. The van der Waals surface area contributed by atoms with Gasteiger partial charge in [-0.05, 0) is 48.0 Å². The third kappa shape index (κ3) is 3.70. The summed E-state index contributed by atoms with van der Waals surface area (Å²) < 4.78 is 5.51. The largest absolute Gasteiger partial charge is 0.483 e. The molecule has 0 aliphatic rings. The molecule has 116 valence electrons. The van der Waals surface area contributed by atoms with E-state index >= 15 is 0 Å². The molecule has 7 heteroatoms. The molecular weight excluding hydrogens is 294 g/mol. The zero-order valence-corrected chi connectivity index (χ0v) is 12.5. The summed E-state index contributed by atoms with van der Waals surface area (Å²) in [6.07, 6.45) is 0. The van der Waals surface area contributed by atoms with Crippen molar-refractivity contribution in [3.05, 3.63) is 54.1 Å². The normalized spacial score (nSPS) is 10.3. The Morgan fingerprint density at radius 1 is 1.17 bits per heavy atom. The van der Waals surface area contributed by atoms with Gasteiger partial charge in [-0.2, -0.15) is 5.21 Å². The van der Waals surface area contributed by atoms with Gasteiger partial charge in [-0.3, -0.25) is 4.79 Å². The van der Waals surface area contributed by atoms with Crippen LogP contribution in [-0.2, 0) is 4.79 Å². The highest BCUT2D eigenvalue weighted by Gasteiger charge is 2.06. The number of aromatic amines is 1. The number of hydrogen-bond acceptors (Lipinski definition) is 5. The summed E-state index contributed by atoms with van der Waals surface area (Å²) in [7, 11) is 0. The fourth-order valence-electron chi connectivity index (χ4n) is 2.05. The molecule has 0 unspecified atom stereocenters. The van der Waals surface area contributed by atoms with Crippen molar-refractivity contribution in [2.45, 2.75) is 6.92 Å². The van der Waals surface area contributed by atoms with E-state index in [4.69, 9.17) is 4.74 Å². The number of amides is 1. The average Bonchev–Trinajstić information content (AvgIpc) is 3.09. The highest BCUT2D eigenvalue weighted by molar-refractivity contribution is 5.92. The minimum atomic E-state index is -0.222. The van der Waals surface area contributed by atoms with Crippen LogP contribution in [0, 0.1) is 6.92 Å². The zero-order valence-electron chi connectivity index (χ0n) is 12.5. The third-order valence-corrected chi connectivity index (χ3v) is 3.22. The zero-order chi connectivity index (χ0) is 16.1. The van der Waals surface area contributed by atoms with Crippen molar-refractivity contribution in [2.24, 2.45) is 0 Å². The van der Waals surface area contributed by atoms with Crippen LogP contribution < -0.4 is 10.1 Å². The Balaban J connectivity index is 1.57. The number of aromatic nitrogens is 4. The lowest BCUT2D eigenvalue weighted by molar-refractivity contribution is -0.118. The molecule has 3 rings (SSSR count). The first kappa shape index (κ1) is 14.7. The molecule has 0 bridgehead atoms. The third-order valence-electron chi connectivity index (χ3n) is 3.22. The second kappa shape index (κ2) is 6.69. The number of tetrazole rings is 1. The number of H-pyrrole nitrogens is 1. The molecule has 1 aromatic heterocycles. The van der Waals surface area contributed by atoms with Gasteiger partial charge in [0.05, 0.1) is 0 Å². The van der Waals surface area contributed by atoms with Crippen LogP contribution >= 0.6 is 0 Å². The molecule has 0 radical (unpaired) electrons. The number of rotatable bonds is 5. The molecule has 0 aliphatic heterocycles. The molecule has 2 N–H and O–H groups in total. The quantitative estimate of drug-likeness (QED) is 0.753. The van der Waals surface area contributed by atoms with Crippen LogP contribution in [0.25, 0.3) is 11.4 Å². The smallest absolute Gasteiger partial charge is 0.262 e. The van der Waals surface area contributed by atoms with E-state index in [0.29, 0.717) is 17.3 Å². The van der Waals surface area contributed by atoms with E-state index in [1.165, 1.54) is 0 Å². The lowest BCUT2D eigenvalue weighted by Gasteiger charge is -2.09. The van der Waals surface area contributed by atoms with Gasteiger partial charge < -0.3 is 10.1 Å². The molecule has 0 aliphatic carbocycles. The number of carbonyl (C=O) groups excluding carboxylic acids is 1. The monoisotopic (exact) mass is 309 g/mol. The molecule has 23 heavy (non-hydrogen) atoms. The van der Waals surface area contributed by atoms with Crippen LogP contribution in [0.2, 0.25) is 0 Å². The van der Waals surface area contributed by atoms with Crippen molar-refractivity contribution >= 4 is 11.6 Å².